The highest BCUT2D eigenvalue weighted by Gasteiger charge is 2.34. The van der Waals surface area contributed by atoms with Crippen molar-refractivity contribution in [3.05, 3.63) is 0 Å². The van der Waals surface area contributed by atoms with Gasteiger partial charge in [0.2, 0.25) is 5.91 Å². The fourth-order valence-corrected chi connectivity index (χ4v) is 3.00. The van der Waals surface area contributed by atoms with Gasteiger partial charge in [-0.2, -0.15) is 0 Å². The van der Waals surface area contributed by atoms with Crippen LogP contribution in [0.15, 0.2) is 0 Å². The molecule has 0 aromatic rings. The minimum atomic E-state index is -0.305. The Hall–Kier alpha value is -0.570. The van der Waals surface area contributed by atoms with Crippen molar-refractivity contribution in [2.75, 3.05) is 13.1 Å². The first kappa shape index (κ1) is 15.5. The van der Waals surface area contributed by atoms with Gasteiger partial charge in [0.05, 0.1) is 6.04 Å². The van der Waals surface area contributed by atoms with Gasteiger partial charge >= 0.3 is 0 Å². The molecule has 0 saturated carbocycles. The SMILES string of the molecule is CCC1(CC)CCN(C(=O)[C@H](N)CC(C)C)CC1. The van der Waals surface area contributed by atoms with E-state index in [1.807, 2.05) is 4.90 Å². The Labute approximate surface area is 112 Å². The third-order valence-electron chi connectivity index (χ3n) is 4.68. The summed E-state index contributed by atoms with van der Waals surface area (Å²) < 4.78 is 0. The zero-order valence-electron chi connectivity index (χ0n) is 12.5. The summed E-state index contributed by atoms with van der Waals surface area (Å²) >= 11 is 0. The van der Waals surface area contributed by atoms with Crippen LogP contribution >= 0.6 is 0 Å². The Bertz CT molecular complexity index is 262. The van der Waals surface area contributed by atoms with Crippen molar-refractivity contribution in [3.8, 4) is 0 Å². The maximum atomic E-state index is 12.2. The van der Waals surface area contributed by atoms with Crippen molar-refractivity contribution >= 4 is 5.91 Å². The maximum absolute atomic E-state index is 12.2. The molecule has 18 heavy (non-hydrogen) atoms. The molecule has 3 heteroatoms. The van der Waals surface area contributed by atoms with E-state index >= 15 is 0 Å². The molecule has 1 saturated heterocycles. The Kier molecular flexibility index (Phi) is 5.64. The Morgan fingerprint density at radius 1 is 1.22 bits per heavy atom. The number of hydrogen-bond donors (Lipinski definition) is 1. The lowest BCUT2D eigenvalue weighted by Crippen LogP contribution is -2.49. The van der Waals surface area contributed by atoms with Gasteiger partial charge in [-0.05, 0) is 30.6 Å². The lowest BCUT2D eigenvalue weighted by Gasteiger charge is -2.41. The molecule has 0 bridgehead atoms. The maximum Gasteiger partial charge on any atom is 0.239 e. The number of carbonyl (C=O) groups is 1. The molecular formula is C15H30N2O. The highest BCUT2D eigenvalue weighted by Crippen LogP contribution is 2.37. The molecule has 3 nitrogen and oxygen atoms in total. The van der Waals surface area contributed by atoms with Crippen LogP contribution in [0, 0.1) is 11.3 Å². The van der Waals surface area contributed by atoms with Crippen LogP contribution in [0.1, 0.15) is 59.8 Å². The second-order valence-electron chi connectivity index (χ2n) is 6.27. The summed E-state index contributed by atoms with van der Waals surface area (Å²) in [4.78, 5) is 14.2. The van der Waals surface area contributed by atoms with Crippen LogP contribution in [0.2, 0.25) is 0 Å². The summed E-state index contributed by atoms with van der Waals surface area (Å²) in [5.41, 5.74) is 6.46. The van der Waals surface area contributed by atoms with Crippen LogP contribution in [0.3, 0.4) is 0 Å². The average Bonchev–Trinajstić information content (AvgIpc) is 2.37. The highest BCUT2D eigenvalue weighted by atomic mass is 16.2. The zero-order chi connectivity index (χ0) is 13.8. The molecule has 106 valence electrons. The van der Waals surface area contributed by atoms with Crippen molar-refractivity contribution in [3.63, 3.8) is 0 Å². The molecule has 1 atom stereocenters. The van der Waals surface area contributed by atoms with E-state index in [0.29, 0.717) is 11.3 Å². The van der Waals surface area contributed by atoms with Crippen LogP contribution in [0.5, 0.6) is 0 Å². The molecule has 0 aliphatic carbocycles. The molecule has 1 aliphatic rings. The number of carbonyl (C=O) groups excluding carboxylic acids is 1. The predicted octanol–water partition coefficient (Wildman–Crippen LogP) is 2.79. The monoisotopic (exact) mass is 254 g/mol. The topological polar surface area (TPSA) is 46.3 Å². The van der Waals surface area contributed by atoms with Gasteiger partial charge in [0.15, 0.2) is 0 Å². The van der Waals surface area contributed by atoms with Crippen LogP contribution in [-0.2, 0) is 4.79 Å². The molecular weight excluding hydrogens is 224 g/mol. The van der Waals surface area contributed by atoms with Crippen LogP contribution in [-0.4, -0.2) is 29.9 Å². The number of amides is 1. The van der Waals surface area contributed by atoms with Gasteiger partial charge in [-0.3, -0.25) is 4.79 Å². The first-order chi connectivity index (χ1) is 8.44. The number of rotatable bonds is 5. The van der Waals surface area contributed by atoms with Crippen LogP contribution < -0.4 is 5.73 Å². The minimum absolute atomic E-state index is 0.157. The molecule has 1 heterocycles. The molecule has 1 rings (SSSR count). The normalized spacial score (nSPS) is 21.1. The van der Waals surface area contributed by atoms with E-state index in [-0.39, 0.29) is 11.9 Å². The van der Waals surface area contributed by atoms with Gasteiger partial charge in [-0.1, -0.05) is 40.5 Å². The van der Waals surface area contributed by atoms with E-state index in [2.05, 4.69) is 27.7 Å². The van der Waals surface area contributed by atoms with Crippen molar-refractivity contribution in [1.29, 1.82) is 0 Å². The quantitative estimate of drug-likeness (QED) is 0.820. The lowest BCUT2D eigenvalue weighted by molar-refractivity contribution is -0.135. The van der Waals surface area contributed by atoms with Crippen molar-refractivity contribution in [2.45, 2.75) is 65.8 Å². The molecule has 0 aromatic heterocycles. The fraction of sp³-hybridized carbons (Fsp3) is 0.933. The second-order valence-corrected chi connectivity index (χ2v) is 6.27. The Morgan fingerprint density at radius 2 is 1.72 bits per heavy atom. The van der Waals surface area contributed by atoms with Gasteiger partial charge < -0.3 is 10.6 Å². The molecule has 1 fully saturated rings. The summed E-state index contributed by atoms with van der Waals surface area (Å²) in [7, 11) is 0. The second kappa shape index (κ2) is 6.55. The van der Waals surface area contributed by atoms with Gasteiger partial charge in [0, 0.05) is 13.1 Å². The van der Waals surface area contributed by atoms with Gasteiger partial charge in [0.25, 0.3) is 0 Å². The van der Waals surface area contributed by atoms with Crippen LogP contribution in [0.25, 0.3) is 0 Å². The standard InChI is InChI=1S/C15H30N2O/c1-5-15(6-2)7-9-17(10-8-15)14(18)13(16)11-12(3)4/h12-13H,5-11,16H2,1-4H3/t13-/m1/s1. The lowest BCUT2D eigenvalue weighted by atomic mass is 9.74. The largest absolute Gasteiger partial charge is 0.341 e. The summed E-state index contributed by atoms with van der Waals surface area (Å²) in [6.45, 7) is 10.6. The van der Waals surface area contributed by atoms with E-state index < -0.39 is 0 Å². The first-order valence-electron chi connectivity index (χ1n) is 7.48. The number of nitrogens with two attached hydrogens (primary N) is 1. The van der Waals surface area contributed by atoms with Gasteiger partial charge in [0.1, 0.15) is 0 Å². The summed E-state index contributed by atoms with van der Waals surface area (Å²) in [6.07, 6.45) is 5.52. The van der Waals surface area contributed by atoms with Crippen molar-refractivity contribution in [2.24, 2.45) is 17.1 Å². The Morgan fingerprint density at radius 3 is 2.11 bits per heavy atom. The summed E-state index contributed by atoms with van der Waals surface area (Å²) in [5.74, 6) is 0.642. The summed E-state index contributed by atoms with van der Waals surface area (Å²) in [5, 5.41) is 0. The fourth-order valence-electron chi connectivity index (χ4n) is 3.00. The third kappa shape index (κ3) is 3.71. The highest BCUT2D eigenvalue weighted by molar-refractivity contribution is 5.81. The van der Waals surface area contributed by atoms with E-state index in [9.17, 15) is 4.79 Å². The van der Waals surface area contributed by atoms with E-state index in [1.165, 1.54) is 12.8 Å². The van der Waals surface area contributed by atoms with E-state index in [1.54, 1.807) is 0 Å². The van der Waals surface area contributed by atoms with E-state index in [0.717, 1.165) is 32.4 Å². The van der Waals surface area contributed by atoms with Gasteiger partial charge in [-0.15, -0.1) is 0 Å². The third-order valence-corrected chi connectivity index (χ3v) is 4.68. The van der Waals surface area contributed by atoms with Crippen molar-refractivity contribution < 1.29 is 4.79 Å². The summed E-state index contributed by atoms with van der Waals surface area (Å²) in [6, 6.07) is -0.305. The minimum Gasteiger partial charge on any atom is -0.341 e. The molecule has 1 amide bonds. The predicted molar refractivity (Wildman–Crippen MR) is 76.3 cm³/mol. The number of likely N-dealkylation sites (tertiary alicyclic amines) is 1. The van der Waals surface area contributed by atoms with Gasteiger partial charge in [-0.25, -0.2) is 0 Å². The Balaban J connectivity index is 2.49. The van der Waals surface area contributed by atoms with Crippen molar-refractivity contribution in [1.82, 2.24) is 4.90 Å². The first-order valence-corrected chi connectivity index (χ1v) is 7.48. The molecule has 2 N–H and O–H groups in total. The van der Waals surface area contributed by atoms with E-state index in [4.69, 9.17) is 5.73 Å². The average molecular weight is 254 g/mol. The smallest absolute Gasteiger partial charge is 0.239 e. The molecule has 0 radical (unpaired) electrons. The molecule has 0 aromatic carbocycles. The molecule has 1 aliphatic heterocycles. The van der Waals surface area contributed by atoms with Crippen LogP contribution in [0.4, 0.5) is 0 Å². The number of hydrogen-bond acceptors (Lipinski definition) is 2. The molecule has 0 unspecified atom stereocenters. The molecule has 0 spiro atoms. The number of piperidine rings is 1. The zero-order valence-corrected chi connectivity index (χ0v) is 12.5. The number of nitrogens with zero attached hydrogens (tertiary/aromatic N) is 1.